The van der Waals surface area contributed by atoms with Crippen molar-refractivity contribution in [3.63, 3.8) is 0 Å². The quantitative estimate of drug-likeness (QED) is 0.806. The summed E-state index contributed by atoms with van der Waals surface area (Å²) >= 11 is 0. The van der Waals surface area contributed by atoms with E-state index in [9.17, 15) is 4.79 Å². The molecule has 3 heteroatoms. The molecule has 1 N–H and O–H groups in total. The van der Waals surface area contributed by atoms with E-state index in [2.05, 4.69) is 43.4 Å². The van der Waals surface area contributed by atoms with E-state index in [0.29, 0.717) is 18.9 Å². The van der Waals surface area contributed by atoms with Crippen molar-refractivity contribution in [3.8, 4) is 5.75 Å². The molecule has 1 unspecified atom stereocenters. The molecule has 0 heterocycles. The van der Waals surface area contributed by atoms with E-state index in [0.717, 1.165) is 16.9 Å². The van der Waals surface area contributed by atoms with Crippen molar-refractivity contribution in [3.05, 3.63) is 65.2 Å². The Hall–Kier alpha value is -2.29. The standard InChI is InChI=1S/C21H27NO2/c1-5-24-20-12-6-17(7-13-20)14-21(23)22-16(4)19-10-8-18(9-11-19)15(2)3/h6-13,15-16H,5,14H2,1-4H3,(H,22,23). The van der Waals surface area contributed by atoms with Gasteiger partial charge in [-0.25, -0.2) is 0 Å². The third-order valence-electron chi connectivity index (χ3n) is 4.08. The van der Waals surface area contributed by atoms with Gasteiger partial charge >= 0.3 is 0 Å². The molecule has 0 aliphatic heterocycles. The highest BCUT2D eigenvalue weighted by atomic mass is 16.5. The fraction of sp³-hybridized carbons (Fsp3) is 0.381. The van der Waals surface area contributed by atoms with Gasteiger partial charge in [-0.05, 0) is 48.6 Å². The summed E-state index contributed by atoms with van der Waals surface area (Å²) < 4.78 is 5.41. The first-order valence-electron chi connectivity index (χ1n) is 8.60. The molecule has 1 atom stereocenters. The molecule has 0 bridgehead atoms. The normalized spacial score (nSPS) is 12.0. The van der Waals surface area contributed by atoms with E-state index in [-0.39, 0.29) is 11.9 Å². The zero-order chi connectivity index (χ0) is 17.5. The van der Waals surface area contributed by atoms with Gasteiger partial charge in [0.15, 0.2) is 0 Å². The Kier molecular flexibility index (Phi) is 6.42. The number of carbonyl (C=O) groups excluding carboxylic acids is 1. The van der Waals surface area contributed by atoms with Gasteiger partial charge < -0.3 is 10.1 Å². The fourth-order valence-electron chi connectivity index (χ4n) is 2.60. The average molecular weight is 325 g/mol. The van der Waals surface area contributed by atoms with Crippen molar-refractivity contribution < 1.29 is 9.53 Å². The first-order chi connectivity index (χ1) is 11.5. The van der Waals surface area contributed by atoms with Gasteiger partial charge in [0.1, 0.15) is 5.75 Å². The highest BCUT2D eigenvalue weighted by molar-refractivity contribution is 5.79. The van der Waals surface area contributed by atoms with Gasteiger partial charge in [-0.1, -0.05) is 50.2 Å². The second-order valence-electron chi connectivity index (χ2n) is 6.36. The lowest BCUT2D eigenvalue weighted by molar-refractivity contribution is -0.121. The minimum Gasteiger partial charge on any atom is -0.494 e. The molecule has 0 fully saturated rings. The zero-order valence-corrected chi connectivity index (χ0v) is 15.0. The van der Waals surface area contributed by atoms with Crippen LogP contribution in [0, 0.1) is 0 Å². The zero-order valence-electron chi connectivity index (χ0n) is 15.0. The maximum Gasteiger partial charge on any atom is 0.224 e. The number of hydrogen-bond acceptors (Lipinski definition) is 2. The van der Waals surface area contributed by atoms with E-state index in [1.54, 1.807) is 0 Å². The lowest BCUT2D eigenvalue weighted by Crippen LogP contribution is -2.28. The highest BCUT2D eigenvalue weighted by Crippen LogP contribution is 2.19. The second-order valence-corrected chi connectivity index (χ2v) is 6.36. The van der Waals surface area contributed by atoms with Gasteiger partial charge in [-0.2, -0.15) is 0 Å². The Labute approximate surface area is 145 Å². The third-order valence-corrected chi connectivity index (χ3v) is 4.08. The summed E-state index contributed by atoms with van der Waals surface area (Å²) in [6, 6.07) is 16.1. The Morgan fingerprint density at radius 1 is 0.958 bits per heavy atom. The first-order valence-corrected chi connectivity index (χ1v) is 8.60. The van der Waals surface area contributed by atoms with Crippen molar-refractivity contribution in [1.82, 2.24) is 5.32 Å². The summed E-state index contributed by atoms with van der Waals surface area (Å²) in [6.07, 6.45) is 0.376. The molecule has 0 aliphatic carbocycles. The molecule has 3 nitrogen and oxygen atoms in total. The van der Waals surface area contributed by atoms with Crippen molar-refractivity contribution in [2.24, 2.45) is 0 Å². The van der Waals surface area contributed by atoms with E-state index < -0.39 is 0 Å². The molecular weight excluding hydrogens is 298 g/mol. The molecule has 128 valence electrons. The number of carbonyl (C=O) groups is 1. The van der Waals surface area contributed by atoms with Crippen molar-refractivity contribution in [2.75, 3.05) is 6.61 Å². The molecule has 24 heavy (non-hydrogen) atoms. The van der Waals surface area contributed by atoms with Crippen LogP contribution >= 0.6 is 0 Å². The number of ether oxygens (including phenoxy) is 1. The summed E-state index contributed by atoms with van der Waals surface area (Å²) in [7, 11) is 0. The molecule has 0 saturated carbocycles. The SMILES string of the molecule is CCOc1ccc(CC(=O)NC(C)c2ccc(C(C)C)cc2)cc1. The van der Waals surface area contributed by atoms with Crippen LogP contribution in [0.25, 0.3) is 0 Å². The molecule has 0 saturated heterocycles. The van der Waals surface area contributed by atoms with Gasteiger partial charge in [-0.3, -0.25) is 4.79 Å². The molecule has 0 radical (unpaired) electrons. The molecule has 1 amide bonds. The van der Waals surface area contributed by atoms with Crippen LogP contribution in [0.3, 0.4) is 0 Å². The van der Waals surface area contributed by atoms with Crippen LogP contribution in [0.5, 0.6) is 5.75 Å². The molecule has 2 aromatic rings. The number of benzene rings is 2. The molecule has 0 aliphatic rings. The number of amides is 1. The summed E-state index contributed by atoms with van der Waals surface area (Å²) in [4.78, 5) is 12.2. The van der Waals surface area contributed by atoms with Gasteiger partial charge in [-0.15, -0.1) is 0 Å². The van der Waals surface area contributed by atoms with Crippen molar-refractivity contribution in [1.29, 1.82) is 0 Å². The molecule has 2 aromatic carbocycles. The molecule has 2 rings (SSSR count). The predicted octanol–water partition coefficient (Wildman–Crippen LogP) is 4.63. The van der Waals surface area contributed by atoms with Gasteiger partial charge in [0.05, 0.1) is 19.1 Å². The Morgan fingerprint density at radius 2 is 1.54 bits per heavy atom. The van der Waals surface area contributed by atoms with Crippen LogP contribution in [-0.4, -0.2) is 12.5 Å². The minimum absolute atomic E-state index is 0.00131. The summed E-state index contributed by atoms with van der Waals surface area (Å²) in [5, 5.41) is 3.06. The molecule has 0 aromatic heterocycles. The maximum atomic E-state index is 12.2. The summed E-state index contributed by atoms with van der Waals surface area (Å²) in [5.74, 6) is 1.38. The Morgan fingerprint density at radius 3 is 2.08 bits per heavy atom. The number of rotatable bonds is 7. The van der Waals surface area contributed by atoms with Crippen LogP contribution in [0.2, 0.25) is 0 Å². The van der Waals surface area contributed by atoms with Crippen LogP contribution in [0.15, 0.2) is 48.5 Å². The van der Waals surface area contributed by atoms with E-state index in [1.807, 2.05) is 38.1 Å². The predicted molar refractivity (Wildman–Crippen MR) is 98.4 cm³/mol. The first kappa shape index (κ1) is 18.1. The number of hydrogen-bond donors (Lipinski definition) is 1. The minimum atomic E-state index is 0.00131. The van der Waals surface area contributed by atoms with Crippen LogP contribution in [-0.2, 0) is 11.2 Å². The second kappa shape index (κ2) is 8.53. The monoisotopic (exact) mass is 325 g/mol. The summed E-state index contributed by atoms with van der Waals surface area (Å²) in [5.41, 5.74) is 3.42. The van der Waals surface area contributed by atoms with E-state index in [4.69, 9.17) is 4.74 Å². The average Bonchev–Trinajstić information content (AvgIpc) is 2.57. The topological polar surface area (TPSA) is 38.3 Å². The van der Waals surface area contributed by atoms with Crippen LogP contribution in [0.4, 0.5) is 0 Å². The lowest BCUT2D eigenvalue weighted by Gasteiger charge is -2.16. The van der Waals surface area contributed by atoms with Crippen molar-refractivity contribution >= 4 is 5.91 Å². The van der Waals surface area contributed by atoms with Crippen LogP contribution < -0.4 is 10.1 Å². The third kappa shape index (κ3) is 5.12. The van der Waals surface area contributed by atoms with E-state index in [1.165, 1.54) is 5.56 Å². The van der Waals surface area contributed by atoms with E-state index >= 15 is 0 Å². The fourth-order valence-corrected chi connectivity index (χ4v) is 2.60. The Bertz CT molecular complexity index is 645. The maximum absolute atomic E-state index is 12.2. The molecule has 0 spiro atoms. The molecular formula is C21H27NO2. The highest BCUT2D eigenvalue weighted by Gasteiger charge is 2.11. The van der Waals surface area contributed by atoms with Crippen LogP contribution in [0.1, 0.15) is 56.3 Å². The lowest BCUT2D eigenvalue weighted by atomic mass is 9.99. The Balaban J connectivity index is 1.91. The largest absolute Gasteiger partial charge is 0.494 e. The summed E-state index contributed by atoms with van der Waals surface area (Å²) in [6.45, 7) is 8.97. The van der Waals surface area contributed by atoms with Gasteiger partial charge in [0.25, 0.3) is 0 Å². The van der Waals surface area contributed by atoms with Crippen molar-refractivity contribution in [2.45, 2.75) is 46.1 Å². The van der Waals surface area contributed by atoms with Gasteiger partial charge in [0, 0.05) is 0 Å². The van der Waals surface area contributed by atoms with Gasteiger partial charge in [0.2, 0.25) is 5.91 Å². The number of nitrogens with one attached hydrogen (secondary N) is 1. The smallest absolute Gasteiger partial charge is 0.224 e.